The van der Waals surface area contributed by atoms with Gasteiger partial charge in [-0.05, 0) is 66.0 Å². The average molecular weight is 327 g/mol. The van der Waals surface area contributed by atoms with E-state index in [4.69, 9.17) is 4.74 Å². The molecule has 1 unspecified atom stereocenters. The van der Waals surface area contributed by atoms with E-state index in [1.807, 2.05) is 6.92 Å². The summed E-state index contributed by atoms with van der Waals surface area (Å²) in [7, 11) is 0. The summed E-state index contributed by atoms with van der Waals surface area (Å²) in [6.07, 6.45) is 7.61. The minimum atomic E-state index is 0.779. The van der Waals surface area contributed by atoms with Crippen molar-refractivity contribution >= 4 is 5.96 Å². The number of guanidine groups is 1. The van der Waals surface area contributed by atoms with Gasteiger partial charge in [-0.25, -0.2) is 0 Å². The molecule has 1 aliphatic heterocycles. The summed E-state index contributed by atoms with van der Waals surface area (Å²) in [6.45, 7) is 13.3. The molecule has 1 atom stereocenters. The fourth-order valence-electron chi connectivity index (χ4n) is 2.98. The Morgan fingerprint density at radius 2 is 2.04 bits per heavy atom. The summed E-state index contributed by atoms with van der Waals surface area (Å²) < 4.78 is 5.34. The van der Waals surface area contributed by atoms with Crippen LogP contribution in [0.4, 0.5) is 0 Å². The second kappa shape index (κ2) is 13.6. The highest BCUT2D eigenvalue weighted by Gasteiger charge is 2.16. The SMILES string of the molecule is CCNC(=NCCCOCC)NCCCCN1CCCCC1C. The lowest BCUT2D eigenvalue weighted by Gasteiger charge is -2.33. The van der Waals surface area contributed by atoms with Crippen LogP contribution in [0.3, 0.4) is 0 Å². The number of nitrogens with one attached hydrogen (secondary N) is 2. The van der Waals surface area contributed by atoms with E-state index in [9.17, 15) is 0 Å². The third-order valence-electron chi connectivity index (χ3n) is 4.37. The summed E-state index contributed by atoms with van der Waals surface area (Å²) in [5.41, 5.74) is 0. The summed E-state index contributed by atoms with van der Waals surface area (Å²) in [5.74, 6) is 0.940. The van der Waals surface area contributed by atoms with Gasteiger partial charge in [-0.2, -0.15) is 0 Å². The molecule has 23 heavy (non-hydrogen) atoms. The lowest BCUT2D eigenvalue weighted by molar-refractivity contribution is 0.146. The fraction of sp³-hybridized carbons (Fsp3) is 0.944. The molecule has 0 bridgehead atoms. The van der Waals surface area contributed by atoms with Crippen molar-refractivity contribution < 1.29 is 4.74 Å². The Morgan fingerprint density at radius 1 is 1.17 bits per heavy atom. The van der Waals surface area contributed by atoms with Gasteiger partial charge in [-0.15, -0.1) is 0 Å². The Hall–Kier alpha value is -0.810. The van der Waals surface area contributed by atoms with Crippen molar-refractivity contribution in [3.63, 3.8) is 0 Å². The van der Waals surface area contributed by atoms with E-state index in [0.717, 1.165) is 51.3 Å². The zero-order chi connectivity index (χ0) is 16.8. The molecule has 5 nitrogen and oxygen atoms in total. The standard InChI is InChI=1S/C18H38N4O/c1-4-19-18(21-13-10-16-23-5-2)20-12-7-9-15-22-14-8-6-11-17(22)3/h17H,4-16H2,1-3H3,(H2,19,20,21). The minimum Gasteiger partial charge on any atom is -0.382 e. The Morgan fingerprint density at radius 3 is 2.78 bits per heavy atom. The lowest BCUT2D eigenvalue weighted by Crippen LogP contribution is -2.39. The molecule has 0 spiro atoms. The van der Waals surface area contributed by atoms with Gasteiger partial charge in [0.2, 0.25) is 0 Å². The van der Waals surface area contributed by atoms with Crippen LogP contribution in [0.15, 0.2) is 4.99 Å². The highest BCUT2D eigenvalue weighted by atomic mass is 16.5. The molecular formula is C18H38N4O. The predicted molar refractivity (Wildman–Crippen MR) is 99.2 cm³/mol. The van der Waals surface area contributed by atoms with Crippen molar-refractivity contribution in [1.29, 1.82) is 0 Å². The van der Waals surface area contributed by atoms with Crippen LogP contribution in [-0.4, -0.2) is 62.8 Å². The van der Waals surface area contributed by atoms with E-state index in [2.05, 4.69) is 34.4 Å². The van der Waals surface area contributed by atoms with Gasteiger partial charge in [-0.3, -0.25) is 4.99 Å². The molecule has 0 aromatic carbocycles. The van der Waals surface area contributed by atoms with Crippen molar-refractivity contribution in [2.24, 2.45) is 4.99 Å². The highest BCUT2D eigenvalue weighted by molar-refractivity contribution is 5.79. The van der Waals surface area contributed by atoms with Crippen LogP contribution >= 0.6 is 0 Å². The number of likely N-dealkylation sites (tertiary alicyclic amines) is 1. The molecule has 0 aromatic rings. The van der Waals surface area contributed by atoms with Gasteiger partial charge in [-0.1, -0.05) is 6.42 Å². The molecule has 2 N–H and O–H groups in total. The second-order valence-electron chi connectivity index (χ2n) is 6.33. The van der Waals surface area contributed by atoms with Crippen molar-refractivity contribution in [2.75, 3.05) is 45.9 Å². The van der Waals surface area contributed by atoms with Crippen LogP contribution in [0.25, 0.3) is 0 Å². The van der Waals surface area contributed by atoms with Crippen molar-refractivity contribution in [3.05, 3.63) is 0 Å². The first kappa shape index (κ1) is 20.2. The van der Waals surface area contributed by atoms with E-state index in [0.29, 0.717) is 0 Å². The number of hydrogen-bond donors (Lipinski definition) is 2. The zero-order valence-corrected chi connectivity index (χ0v) is 15.6. The molecule has 1 aliphatic rings. The Kier molecular flexibility index (Phi) is 12.0. The maximum absolute atomic E-state index is 5.34. The van der Waals surface area contributed by atoms with Crippen molar-refractivity contribution in [1.82, 2.24) is 15.5 Å². The van der Waals surface area contributed by atoms with Crippen LogP contribution in [0, 0.1) is 0 Å². The van der Waals surface area contributed by atoms with Gasteiger partial charge < -0.3 is 20.3 Å². The van der Waals surface area contributed by atoms with Gasteiger partial charge in [0.1, 0.15) is 0 Å². The Labute approximate surface area is 143 Å². The molecule has 0 radical (unpaired) electrons. The van der Waals surface area contributed by atoms with Crippen LogP contribution in [0.5, 0.6) is 0 Å². The predicted octanol–water partition coefficient (Wildman–Crippen LogP) is 2.62. The molecule has 1 heterocycles. The monoisotopic (exact) mass is 326 g/mol. The number of hydrogen-bond acceptors (Lipinski definition) is 3. The Bertz CT molecular complexity index is 309. The zero-order valence-electron chi connectivity index (χ0n) is 15.6. The molecule has 0 amide bonds. The molecule has 0 aromatic heterocycles. The maximum Gasteiger partial charge on any atom is 0.191 e. The van der Waals surface area contributed by atoms with E-state index in [1.54, 1.807) is 0 Å². The highest BCUT2D eigenvalue weighted by Crippen LogP contribution is 2.16. The summed E-state index contributed by atoms with van der Waals surface area (Å²) >= 11 is 0. The molecule has 1 rings (SSSR count). The quantitative estimate of drug-likeness (QED) is 0.348. The van der Waals surface area contributed by atoms with Crippen LogP contribution in [0.1, 0.15) is 59.3 Å². The summed E-state index contributed by atoms with van der Waals surface area (Å²) in [6, 6.07) is 0.779. The summed E-state index contributed by atoms with van der Waals surface area (Å²) in [4.78, 5) is 7.24. The molecule has 1 saturated heterocycles. The number of nitrogens with zero attached hydrogens (tertiary/aromatic N) is 2. The van der Waals surface area contributed by atoms with Crippen LogP contribution < -0.4 is 10.6 Å². The third-order valence-corrected chi connectivity index (χ3v) is 4.37. The van der Waals surface area contributed by atoms with Gasteiger partial charge >= 0.3 is 0 Å². The van der Waals surface area contributed by atoms with Crippen molar-refractivity contribution in [3.8, 4) is 0 Å². The number of ether oxygens (including phenoxy) is 1. The first-order valence-corrected chi connectivity index (χ1v) is 9.61. The van der Waals surface area contributed by atoms with E-state index >= 15 is 0 Å². The van der Waals surface area contributed by atoms with Gasteiger partial charge in [0.15, 0.2) is 5.96 Å². The smallest absolute Gasteiger partial charge is 0.191 e. The first-order chi connectivity index (χ1) is 11.3. The molecule has 0 saturated carbocycles. The Balaban J connectivity index is 2.10. The van der Waals surface area contributed by atoms with Crippen molar-refractivity contribution in [2.45, 2.75) is 65.3 Å². The normalized spacial score (nSPS) is 19.8. The molecule has 136 valence electrons. The number of piperidine rings is 1. The molecular weight excluding hydrogens is 288 g/mol. The van der Waals surface area contributed by atoms with E-state index < -0.39 is 0 Å². The largest absolute Gasteiger partial charge is 0.382 e. The maximum atomic E-state index is 5.34. The van der Waals surface area contributed by atoms with Crippen LogP contribution in [0.2, 0.25) is 0 Å². The average Bonchev–Trinajstić information content (AvgIpc) is 2.55. The van der Waals surface area contributed by atoms with E-state index in [-0.39, 0.29) is 0 Å². The van der Waals surface area contributed by atoms with Gasteiger partial charge in [0.05, 0.1) is 0 Å². The molecule has 0 aliphatic carbocycles. The molecule has 5 heteroatoms. The second-order valence-corrected chi connectivity index (χ2v) is 6.33. The number of unbranched alkanes of at least 4 members (excludes halogenated alkanes) is 1. The number of aliphatic imine (C=N–C) groups is 1. The topological polar surface area (TPSA) is 48.9 Å². The van der Waals surface area contributed by atoms with E-state index in [1.165, 1.54) is 45.2 Å². The van der Waals surface area contributed by atoms with Crippen LogP contribution in [-0.2, 0) is 4.74 Å². The summed E-state index contributed by atoms with van der Waals surface area (Å²) in [5, 5.41) is 6.75. The molecule has 1 fully saturated rings. The lowest BCUT2D eigenvalue weighted by atomic mass is 10.0. The van der Waals surface area contributed by atoms with Gasteiger partial charge in [0.25, 0.3) is 0 Å². The third kappa shape index (κ3) is 9.82. The minimum absolute atomic E-state index is 0.779. The first-order valence-electron chi connectivity index (χ1n) is 9.61. The van der Waals surface area contributed by atoms with Gasteiger partial charge in [0, 0.05) is 38.9 Å². The fourth-order valence-corrected chi connectivity index (χ4v) is 2.98. The number of rotatable bonds is 11.